The van der Waals surface area contributed by atoms with Gasteiger partial charge in [-0.05, 0) is 38.8 Å². The molecule has 19 heavy (non-hydrogen) atoms. The zero-order valence-electron chi connectivity index (χ0n) is 12.6. The van der Waals surface area contributed by atoms with Crippen molar-refractivity contribution in [3.63, 3.8) is 0 Å². The smallest absolute Gasteiger partial charge is 0.0762 e. The molecule has 0 atom stereocenters. The highest BCUT2D eigenvalue weighted by molar-refractivity contribution is 4.99. The SMILES string of the molecule is CCC(CC)n1ccc(CNCCN(C)C2CC2)n1. The van der Waals surface area contributed by atoms with Gasteiger partial charge >= 0.3 is 0 Å². The largest absolute Gasteiger partial charge is 0.310 e. The molecule has 0 radical (unpaired) electrons. The molecular weight excluding hydrogens is 236 g/mol. The third-order valence-electron chi connectivity index (χ3n) is 4.10. The minimum atomic E-state index is 0.551. The number of likely N-dealkylation sites (N-methyl/N-ethyl adjacent to an activating group) is 1. The first-order chi connectivity index (χ1) is 9.24. The Kier molecular flexibility index (Phi) is 5.40. The van der Waals surface area contributed by atoms with Crippen LogP contribution in [0, 0.1) is 0 Å². The summed E-state index contributed by atoms with van der Waals surface area (Å²) in [5, 5.41) is 8.14. The van der Waals surface area contributed by atoms with Crippen molar-refractivity contribution >= 4 is 0 Å². The molecule has 1 aromatic rings. The van der Waals surface area contributed by atoms with E-state index >= 15 is 0 Å². The van der Waals surface area contributed by atoms with Crippen molar-refractivity contribution in [2.24, 2.45) is 0 Å². The predicted molar refractivity (Wildman–Crippen MR) is 79.2 cm³/mol. The van der Waals surface area contributed by atoms with Crippen LogP contribution in [0.5, 0.6) is 0 Å². The number of aromatic nitrogens is 2. The van der Waals surface area contributed by atoms with Crippen LogP contribution in [-0.4, -0.2) is 40.9 Å². The Balaban J connectivity index is 1.67. The normalized spacial score (nSPS) is 15.6. The number of rotatable bonds is 9. The van der Waals surface area contributed by atoms with Crippen LogP contribution in [-0.2, 0) is 6.54 Å². The van der Waals surface area contributed by atoms with Crippen molar-refractivity contribution in [1.82, 2.24) is 20.0 Å². The molecule has 1 N–H and O–H groups in total. The minimum absolute atomic E-state index is 0.551. The Morgan fingerprint density at radius 3 is 2.79 bits per heavy atom. The molecule has 0 amide bonds. The molecule has 1 aliphatic carbocycles. The van der Waals surface area contributed by atoms with Crippen LogP contribution in [0.25, 0.3) is 0 Å². The second kappa shape index (κ2) is 7.06. The minimum Gasteiger partial charge on any atom is -0.310 e. The van der Waals surface area contributed by atoms with Gasteiger partial charge in [0, 0.05) is 31.9 Å². The fourth-order valence-corrected chi connectivity index (χ4v) is 2.51. The average molecular weight is 264 g/mol. The molecule has 0 bridgehead atoms. The van der Waals surface area contributed by atoms with Crippen LogP contribution in [0.4, 0.5) is 0 Å². The van der Waals surface area contributed by atoms with Crippen molar-refractivity contribution in [3.05, 3.63) is 18.0 Å². The highest BCUT2D eigenvalue weighted by atomic mass is 15.3. The van der Waals surface area contributed by atoms with E-state index in [1.807, 2.05) is 0 Å². The maximum atomic E-state index is 4.66. The summed E-state index contributed by atoms with van der Waals surface area (Å²) >= 11 is 0. The van der Waals surface area contributed by atoms with E-state index in [0.29, 0.717) is 6.04 Å². The Morgan fingerprint density at radius 2 is 2.16 bits per heavy atom. The van der Waals surface area contributed by atoms with E-state index in [1.165, 1.54) is 12.8 Å². The molecule has 0 aromatic carbocycles. The fourth-order valence-electron chi connectivity index (χ4n) is 2.51. The van der Waals surface area contributed by atoms with E-state index in [0.717, 1.165) is 44.2 Å². The summed E-state index contributed by atoms with van der Waals surface area (Å²) in [7, 11) is 2.22. The van der Waals surface area contributed by atoms with Crippen molar-refractivity contribution in [3.8, 4) is 0 Å². The van der Waals surface area contributed by atoms with E-state index in [-0.39, 0.29) is 0 Å². The molecule has 0 aliphatic heterocycles. The lowest BCUT2D eigenvalue weighted by atomic mass is 10.2. The second-order valence-electron chi connectivity index (χ2n) is 5.65. The monoisotopic (exact) mass is 264 g/mol. The number of hydrogen-bond donors (Lipinski definition) is 1. The molecule has 0 unspecified atom stereocenters. The first-order valence-corrected chi connectivity index (χ1v) is 7.69. The molecule has 4 heteroatoms. The van der Waals surface area contributed by atoms with Crippen LogP contribution in [0.15, 0.2) is 12.3 Å². The van der Waals surface area contributed by atoms with E-state index in [1.54, 1.807) is 0 Å². The third-order valence-corrected chi connectivity index (χ3v) is 4.10. The summed E-state index contributed by atoms with van der Waals surface area (Å²) in [5.74, 6) is 0. The maximum Gasteiger partial charge on any atom is 0.0762 e. The molecule has 4 nitrogen and oxygen atoms in total. The number of hydrogen-bond acceptors (Lipinski definition) is 3. The second-order valence-corrected chi connectivity index (χ2v) is 5.65. The van der Waals surface area contributed by atoms with Crippen molar-refractivity contribution in [1.29, 1.82) is 0 Å². The third kappa shape index (κ3) is 4.32. The van der Waals surface area contributed by atoms with Gasteiger partial charge < -0.3 is 10.2 Å². The van der Waals surface area contributed by atoms with E-state index in [9.17, 15) is 0 Å². The average Bonchev–Trinajstić information content (AvgIpc) is 3.17. The van der Waals surface area contributed by atoms with Gasteiger partial charge in [-0.15, -0.1) is 0 Å². The number of nitrogens with zero attached hydrogens (tertiary/aromatic N) is 3. The lowest BCUT2D eigenvalue weighted by Gasteiger charge is -2.15. The Hall–Kier alpha value is -0.870. The first kappa shape index (κ1) is 14.5. The Labute approximate surface area is 117 Å². The molecule has 0 spiro atoms. The topological polar surface area (TPSA) is 33.1 Å². The number of nitrogens with one attached hydrogen (secondary N) is 1. The van der Waals surface area contributed by atoms with Crippen molar-refractivity contribution < 1.29 is 0 Å². The molecule has 0 saturated heterocycles. The van der Waals surface area contributed by atoms with Crippen molar-refractivity contribution in [2.45, 2.75) is 58.2 Å². The van der Waals surface area contributed by atoms with Crippen LogP contribution in [0.1, 0.15) is 51.3 Å². The predicted octanol–water partition coefficient (Wildman–Crippen LogP) is 2.43. The van der Waals surface area contributed by atoms with Gasteiger partial charge in [-0.25, -0.2) is 0 Å². The molecule has 1 fully saturated rings. The standard InChI is InChI=1S/C15H28N4/c1-4-14(5-2)19-10-8-13(17-19)12-16-9-11-18(3)15-6-7-15/h8,10,14-16H,4-7,9,11-12H2,1-3H3. The Bertz CT molecular complexity index is 366. The van der Waals surface area contributed by atoms with Gasteiger partial charge in [0.15, 0.2) is 0 Å². The van der Waals surface area contributed by atoms with E-state index in [4.69, 9.17) is 0 Å². The zero-order valence-corrected chi connectivity index (χ0v) is 12.6. The van der Waals surface area contributed by atoms with Crippen LogP contribution in [0.2, 0.25) is 0 Å². The molecule has 1 aromatic heterocycles. The van der Waals surface area contributed by atoms with E-state index in [2.05, 4.69) is 53.2 Å². The summed E-state index contributed by atoms with van der Waals surface area (Å²) < 4.78 is 2.12. The maximum absolute atomic E-state index is 4.66. The van der Waals surface area contributed by atoms with Gasteiger partial charge in [-0.3, -0.25) is 4.68 Å². The summed E-state index contributed by atoms with van der Waals surface area (Å²) in [6.45, 7) is 7.51. The van der Waals surface area contributed by atoms with Gasteiger partial charge in [0.2, 0.25) is 0 Å². The Morgan fingerprint density at radius 1 is 1.42 bits per heavy atom. The zero-order chi connectivity index (χ0) is 13.7. The summed E-state index contributed by atoms with van der Waals surface area (Å²) in [6.07, 6.45) is 7.19. The quantitative estimate of drug-likeness (QED) is 0.695. The van der Waals surface area contributed by atoms with Crippen LogP contribution < -0.4 is 5.32 Å². The molecule has 1 aliphatic rings. The molecule has 2 rings (SSSR count). The molecule has 108 valence electrons. The lowest BCUT2D eigenvalue weighted by molar-refractivity contribution is 0.321. The van der Waals surface area contributed by atoms with E-state index < -0.39 is 0 Å². The van der Waals surface area contributed by atoms with Gasteiger partial charge in [0.1, 0.15) is 0 Å². The van der Waals surface area contributed by atoms with Crippen LogP contribution >= 0.6 is 0 Å². The lowest BCUT2D eigenvalue weighted by Crippen LogP contribution is -2.30. The highest BCUT2D eigenvalue weighted by Gasteiger charge is 2.25. The van der Waals surface area contributed by atoms with Crippen LogP contribution in [0.3, 0.4) is 0 Å². The summed E-state index contributed by atoms with van der Waals surface area (Å²) in [4.78, 5) is 2.45. The van der Waals surface area contributed by atoms with Gasteiger partial charge in [-0.1, -0.05) is 13.8 Å². The highest BCUT2D eigenvalue weighted by Crippen LogP contribution is 2.24. The van der Waals surface area contributed by atoms with Gasteiger partial charge in [0.05, 0.1) is 11.7 Å². The van der Waals surface area contributed by atoms with Gasteiger partial charge in [-0.2, -0.15) is 5.10 Å². The molecular formula is C15H28N4. The molecule has 1 heterocycles. The van der Waals surface area contributed by atoms with Crippen molar-refractivity contribution in [2.75, 3.05) is 20.1 Å². The first-order valence-electron chi connectivity index (χ1n) is 7.69. The van der Waals surface area contributed by atoms with Gasteiger partial charge in [0.25, 0.3) is 0 Å². The fraction of sp³-hybridized carbons (Fsp3) is 0.800. The summed E-state index contributed by atoms with van der Waals surface area (Å²) in [6, 6.07) is 3.54. The molecule has 1 saturated carbocycles. The summed E-state index contributed by atoms with van der Waals surface area (Å²) in [5.41, 5.74) is 1.15.